The van der Waals surface area contributed by atoms with Crippen molar-refractivity contribution in [1.82, 2.24) is 0 Å². The molecule has 0 saturated carbocycles. The maximum Gasteiger partial charge on any atom is 0.339 e. The van der Waals surface area contributed by atoms with Gasteiger partial charge in [-0.3, -0.25) is 4.79 Å². The van der Waals surface area contributed by atoms with Gasteiger partial charge in [0.05, 0.1) is 10.5 Å². The van der Waals surface area contributed by atoms with Crippen LogP contribution < -0.4 is 5.32 Å². The van der Waals surface area contributed by atoms with Gasteiger partial charge in [-0.1, -0.05) is 12.1 Å². The number of carbonyl (C=O) groups is 2. The summed E-state index contributed by atoms with van der Waals surface area (Å²) in [5, 5.41) is 2.77. The molecule has 2 aromatic carbocycles. The van der Waals surface area contributed by atoms with Crippen LogP contribution in [-0.2, 0) is 32.2 Å². The number of benzene rings is 2. The van der Waals surface area contributed by atoms with Crippen molar-refractivity contribution in [3.8, 4) is 0 Å². The van der Waals surface area contributed by atoms with Crippen LogP contribution in [0.15, 0.2) is 41.3 Å². The van der Waals surface area contributed by atoms with Crippen LogP contribution in [0.25, 0.3) is 0 Å². The van der Waals surface area contributed by atoms with Crippen molar-refractivity contribution in [3.05, 3.63) is 58.7 Å². The van der Waals surface area contributed by atoms with Gasteiger partial charge in [0.1, 0.15) is 0 Å². The smallest absolute Gasteiger partial charge is 0.339 e. The predicted octanol–water partition coefficient (Wildman–Crippen LogP) is 3.07. The minimum atomic E-state index is -3.45. The van der Waals surface area contributed by atoms with Gasteiger partial charge in [-0.2, -0.15) is 0 Å². The monoisotopic (exact) mass is 401 g/mol. The largest absolute Gasteiger partial charge is 0.449 e. The number of amides is 1. The third kappa shape index (κ3) is 4.42. The standard InChI is InChI=1S/C21H23NO5S/c1-13-7-10-18(28(3,25)26)12-19(13)21(24)27-14(2)20(23)22-17-9-8-15-5-4-6-16(15)11-17/h7-12,14H,4-6H2,1-3H3,(H,22,23)/t14-/m1/s1. The van der Waals surface area contributed by atoms with E-state index in [1.807, 2.05) is 18.2 Å². The molecule has 0 unspecified atom stereocenters. The normalized spacial score (nSPS) is 14.2. The second kappa shape index (κ2) is 7.75. The molecule has 3 rings (SSSR count). The molecule has 1 N–H and O–H groups in total. The number of hydrogen-bond acceptors (Lipinski definition) is 5. The van der Waals surface area contributed by atoms with Crippen molar-refractivity contribution in [2.75, 3.05) is 11.6 Å². The van der Waals surface area contributed by atoms with Gasteiger partial charge in [-0.25, -0.2) is 13.2 Å². The Labute approximate surface area is 164 Å². The number of carbonyl (C=O) groups excluding carboxylic acids is 2. The van der Waals surface area contributed by atoms with E-state index in [2.05, 4.69) is 5.32 Å². The predicted molar refractivity (Wildman–Crippen MR) is 106 cm³/mol. The molecule has 0 aromatic heterocycles. The lowest BCUT2D eigenvalue weighted by atomic mass is 10.1. The van der Waals surface area contributed by atoms with Crippen LogP contribution in [-0.4, -0.2) is 32.7 Å². The zero-order valence-electron chi connectivity index (χ0n) is 16.1. The highest BCUT2D eigenvalue weighted by molar-refractivity contribution is 7.90. The first-order valence-corrected chi connectivity index (χ1v) is 11.0. The van der Waals surface area contributed by atoms with Gasteiger partial charge < -0.3 is 10.1 Å². The molecule has 0 spiro atoms. The zero-order valence-corrected chi connectivity index (χ0v) is 16.9. The minimum absolute atomic E-state index is 0.0281. The summed E-state index contributed by atoms with van der Waals surface area (Å²) in [5.74, 6) is -1.18. The summed E-state index contributed by atoms with van der Waals surface area (Å²) in [5.41, 5.74) is 3.90. The molecule has 1 aliphatic rings. The average Bonchev–Trinajstić information content (AvgIpc) is 3.08. The minimum Gasteiger partial charge on any atom is -0.449 e. The SMILES string of the molecule is Cc1ccc(S(C)(=O)=O)cc1C(=O)O[C@H](C)C(=O)Nc1ccc2c(c1)CCC2. The van der Waals surface area contributed by atoms with Crippen LogP contribution >= 0.6 is 0 Å². The molecule has 28 heavy (non-hydrogen) atoms. The molecule has 1 aliphatic carbocycles. The molecule has 6 nitrogen and oxygen atoms in total. The van der Waals surface area contributed by atoms with Gasteiger partial charge in [-0.15, -0.1) is 0 Å². The third-order valence-corrected chi connectivity index (χ3v) is 5.99. The first kappa shape index (κ1) is 20.1. The Hall–Kier alpha value is -2.67. The highest BCUT2D eigenvalue weighted by Gasteiger charge is 2.22. The zero-order chi connectivity index (χ0) is 20.5. The molecule has 0 radical (unpaired) electrons. The van der Waals surface area contributed by atoms with Crippen LogP contribution in [0.5, 0.6) is 0 Å². The Morgan fingerprint density at radius 3 is 2.50 bits per heavy atom. The van der Waals surface area contributed by atoms with Gasteiger partial charge in [0, 0.05) is 11.9 Å². The number of rotatable bonds is 5. The van der Waals surface area contributed by atoms with E-state index in [-0.39, 0.29) is 10.5 Å². The van der Waals surface area contributed by atoms with E-state index >= 15 is 0 Å². The van der Waals surface area contributed by atoms with E-state index < -0.39 is 27.8 Å². The number of esters is 1. The second-order valence-corrected chi connectivity index (χ2v) is 9.14. The lowest BCUT2D eigenvalue weighted by molar-refractivity contribution is -0.123. The van der Waals surface area contributed by atoms with Gasteiger partial charge in [-0.05, 0) is 74.1 Å². The van der Waals surface area contributed by atoms with Crippen LogP contribution in [0.3, 0.4) is 0 Å². The van der Waals surface area contributed by atoms with Crippen molar-refractivity contribution in [1.29, 1.82) is 0 Å². The highest BCUT2D eigenvalue weighted by atomic mass is 32.2. The first-order valence-electron chi connectivity index (χ1n) is 9.09. The topological polar surface area (TPSA) is 89.5 Å². The number of hydrogen-bond donors (Lipinski definition) is 1. The molecular formula is C21H23NO5S. The van der Waals surface area contributed by atoms with E-state index in [9.17, 15) is 18.0 Å². The Balaban J connectivity index is 1.69. The summed E-state index contributed by atoms with van der Waals surface area (Å²) in [6.07, 6.45) is 3.22. The number of ether oxygens (including phenoxy) is 1. The van der Waals surface area contributed by atoms with E-state index in [1.165, 1.54) is 30.2 Å². The summed E-state index contributed by atoms with van der Waals surface area (Å²) in [7, 11) is -3.45. The van der Waals surface area contributed by atoms with Crippen molar-refractivity contribution in [2.24, 2.45) is 0 Å². The molecule has 1 amide bonds. The molecule has 7 heteroatoms. The fourth-order valence-corrected chi connectivity index (χ4v) is 3.87. The quantitative estimate of drug-likeness (QED) is 0.778. The average molecular weight is 401 g/mol. The number of sulfone groups is 1. The van der Waals surface area contributed by atoms with Crippen LogP contribution in [0.4, 0.5) is 5.69 Å². The second-order valence-electron chi connectivity index (χ2n) is 7.12. The van der Waals surface area contributed by atoms with Crippen molar-refractivity contribution < 1.29 is 22.7 Å². The third-order valence-electron chi connectivity index (χ3n) is 4.88. The Bertz CT molecular complexity index is 1040. The van der Waals surface area contributed by atoms with Crippen LogP contribution in [0.2, 0.25) is 0 Å². The molecule has 1 atom stereocenters. The van der Waals surface area contributed by atoms with Crippen molar-refractivity contribution in [3.63, 3.8) is 0 Å². The molecule has 0 saturated heterocycles. The lowest BCUT2D eigenvalue weighted by Crippen LogP contribution is -2.30. The van der Waals surface area contributed by atoms with Gasteiger partial charge in [0.15, 0.2) is 15.9 Å². The van der Waals surface area contributed by atoms with Crippen LogP contribution in [0, 0.1) is 6.92 Å². The van der Waals surface area contributed by atoms with Crippen LogP contribution in [0.1, 0.15) is 40.4 Å². The molecule has 0 aliphatic heterocycles. The van der Waals surface area contributed by atoms with E-state index in [1.54, 1.807) is 13.0 Å². The number of fused-ring (bicyclic) bond motifs is 1. The van der Waals surface area contributed by atoms with Crippen molar-refractivity contribution in [2.45, 2.75) is 44.1 Å². The summed E-state index contributed by atoms with van der Waals surface area (Å²) in [6, 6.07) is 10.1. The number of aryl methyl sites for hydroxylation is 3. The van der Waals surface area contributed by atoms with Gasteiger partial charge in [0.25, 0.3) is 5.91 Å². The maximum absolute atomic E-state index is 12.5. The summed E-state index contributed by atoms with van der Waals surface area (Å²) < 4.78 is 28.7. The Morgan fingerprint density at radius 1 is 1.07 bits per heavy atom. The van der Waals surface area contributed by atoms with E-state index in [4.69, 9.17) is 4.74 Å². The van der Waals surface area contributed by atoms with Gasteiger partial charge >= 0.3 is 5.97 Å². The molecule has 0 heterocycles. The fraction of sp³-hybridized carbons (Fsp3) is 0.333. The summed E-state index contributed by atoms with van der Waals surface area (Å²) >= 11 is 0. The first-order chi connectivity index (χ1) is 13.1. The molecule has 0 fully saturated rings. The molecular weight excluding hydrogens is 378 g/mol. The Kier molecular flexibility index (Phi) is 5.56. The fourth-order valence-electron chi connectivity index (χ4n) is 3.22. The number of nitrogens with one attached hydrogen (secondary N) is 1. The highest BCUT2D eigenvalue weighted by Crippen LogP contribution is 2.25. The van der Waals surface area contributed by atoms with E-state index in [0.717, 1.165) is 25.5 Å². The molecule has 2 aromatic rings. The van der Waals surface area contributed by atoms with Crippen molar-refractivity contribution >= 4 is 27.4 Å². The molecule has 148 valence electrons. The number of anilines is 1. The summed E-state index contributed by atoms with van der Waals surface area (Å²) in [6.45, 7) is 3.16. The maximum atomic E-state index is 12.5. The lowest BCUT2D eigenvalue weighted by Gasteiger charge is -2.15. The van der Waals surface area contributed by atoms with Gasteiger partial charge in [0.2, 0.25) is 0 Å². The Morgan fingerprint density at radius 2 is 1.79 bits per heavy atom. The molecule has 0 bridgehead atoms. The summed E-state index contributed by atoms with van der Waals surface area (Å²) in [4.78, 5) is 24.9. The van der Waals surface area contributed by atoms with E-state index in [0.29, 0.717) is 11.3 Å².